The maximum Gasteiger partial charge on any atom is 0.311 e. The van der Waals surface area contributed by atoms with Crippen molar-refractivity contribution in [1.82, 2.24) is 0 Å². The zero-order valence-corrected chi connectivity index (χ0v) is 18.6. The molecule has 0 amide bonds. The molecule has 0 saturated carbocycles. The Morgan fingerprint density at radius 3 is 1.52 bits per heavy atom. The molecule has 0 aliphatic heterocycles. The fraction of sp³-hybridized carbons (Fsp3) is 0.913. The molecule has 0 aromatic carbocycles. The quantitative estimate of drug-likeness (QED) is 0.155. The van der Waals surface area contributed by atoms with Gasteiger partial charge in [-0.3, -0.25) is 9.59 Å². The predicted molar refractivity (Wildman–Crippen MR) is 111 cm³/mol. The number of carbonyl (C=O) groups is 2. The van der Waals surface area contributed by atoms with E-state index in [0.717, 1.165) is 12.8 Å². The molecular formula is C23H44O4. The SMILES string of the molecule is CCCCCCCCCCCCCCCC(=O)OC(C)(C)OC(=O)C(C)C. The third kappa shape index (κ3) is 16.8. The minimum atomic E-state index is -1.19. The van der Waals surface area contributed by atoms with Gasteiger partial charge in [0.15, 0.2) is 0 Å². The molecule has 0 aliphatic carbocycles. The normalized spacial score (nSPS) is 11.6. The molecule has 160 valence electrons. The minimum absolute atomic E-state index is 0.232. The second-order valence-corrected chi connectivity index (χ2v) is 8.44. The maximum absolute atomic E-state index is 11.9. The van der Waals surface area contributed by atoms with Crippen molar-refractivity contribution in [3.8, 4) is 0 Å². The second kappa shape index (κ2) is 15.9. The topological polar surface area (TPSA) is 52.6 Å². The first-order valence-corrected chi connectivity index (χ1v) is 11.2. The summed E-state index contributed by atoms with van der Waals surface area (Å²) in [6, 6.07) is 0. The van der Waals surface area contributed by atoms with Crippen LogP contribution >= 0.6 is 0 Å². The van der Waals surface area contributed by atoms with E-state index in [2.05, 4.69) is 6.92 Å². The zero-order chi connectivity index (χ0) is 20.5. The van der Waals surface area contributed by atoms with Crippen LogP contribution in [0.3, 0.4) is 0 Å². The average molecular weight is 385 g/mol. The van der Waals surface area contributed by atoms with E-state index in [1.165, 1.54) is 70.6 Å². The van der Waals surface area contributed by atoms with E-state index in [9.17, 15) is 9.59 Å². The highest BCUT2D eigenvalue weighted by Crippen LogP contribution is 2.17. The van der Waals surface area contributed by atoms with Crippen LogP contribution in [0.15, 0.2) is 0 Å². The molecule has 0 aromatic heterocycles. The van der Waals surface area contributed by atoms with Gasteiger partial charge in [-0.05, 0) is 6.42 Å². The van der Waals surface area contributed by atoms with Gasteiger partial charge in [0.25, 0.3) is 5.79 Å². The lowest BCUT2D eigenvalue weighted by molar-refractivity contribution is -0.218. The molecule has 0 atom stereocenters. The highest BCUT2D eigenvalue weighted by atomic mass is 16.7. The van der Waals surface area contributed by atoms with Crippen molar-refractivity contribution in [3.63, 3.8) is 0 Å². The highest BCUT2D eigenvalue weighted by molar-refractivity contribution is 5.73. The summed E-state index contributed by atoms with van der Waals surface area (Å²) in [6.45, 7) is 8.99. The molecule has 0 bridgehead atoms. The van der Waals surface area contributed by atoms with Crippen molar-refractivity contribution in [2.24, 2.45) is 5.92 Å². The molecular weight excluding hydrogens is 340 g/mol. The predicted octanol–water partition coefficient (Wildman–Crippen LogP) is 6.95. The van der Waals surface area contributed by atoms with Crippen LogP contribution in [0.5, 0.6) is 0 Å². The van der Waals surface area contributed by atoms with Gasteiger partial charge >= 0.3 is 11.9 Å². The Kier molecular flexibility index (Phi) is 15.3. The lowest BCUT2D eigenvalue weighted by atomic mass is 10.0. The molecule has 0 fully saturated rings. The number of hydrogen-bond acceptors (Lipinski definition) is 4. The molecule has 0 aromatic rings. The van der Waals surface area contributed by atoms with E-state index in [0.29, 0.717) is 6.42 Å². The van der Waals surface area contributed by atoms with Crippen LogP contribution in [0.1, 0.15) is 125 Å². The number of rotatable bonds is 17. The summed E-state index contributed by atoms with van der Waals surface area (Å²) in [6.07, 6.45) is 17.0. The van der Waals surface area contributed by atoms with Crippen LogP contribution in [0.25, 0.3) is 0 Å². The Morgan fingerprint density at radius 2 is 1.11 bits per heavy atom. The first-order valence-electron chi connectivity index (χ1n) is 11.2. The average Bonchev–Trinajstić information content (AvgIpc) is 2.58. The van der Waals surface area contributed by atoms with Crippen LogP contribution in [-0.2, 0) is 19.1 Å². The van der Waals surface area contributed by atoms with Crippen molar-refractivity contribution in [2.45, 2.75) is 130 Å². The van der Waals surface area contributed by atoms with Gasteiger partial charge in [0.05, 0.1) is 5.92 Å². The molecule has 0 aliphatic rings. The molecule has 0 spiro atoms. The van der Waals surface area contributed by atoms with Gasteiger partial charge in [0, 0.05) is 20.3 Å². The van der Waals surface area contributed by atoms with Crippen LogP contribution < -0.4 is 0 Å². The van der Waals surface area contributed by atoms with Crippen molar-refractivity contribution < 1.29 is 19.1 Å². The van der Waals surface area contributed by atoms with Crippen LogP contribution in [0, 0.1) is 5.92 Å². The van der Waals surface area contributed by atoms with E-state index in [-0.39, 0.29) is 17.9 Å². The van der Waals surface area contributed by atoms with E-state index in [1.54, 1.807) is 27.7 Å². The molecule has 0 saturated heterocycles. The molecule has 0 rings (SSSR count). The smallest absolute Gasteiger partial charge is 0.311 e. The maximum atomic E-state index is 11.9. The van der Waals surface area contributed by atoms with E-state index in [1.807, 2.05) is 0 Å². The first-order chi connectivity index (χ1) is 12.8. The third-order valence-electron chi connectivity index (χ3n) is 4.66. The lowest BCUT2D eigenvalue weighted by Crippen LogP contribution is -2.35. The fourth-order valence-electron chi connectivity index (χ4n) is 2.99. The van der Waals surface area contributed by atoms with Crippen molar-refractivity contribution in [3.05, 3.63) is 0 Å². The van der Waals surface area contributed by atoms with Gasteiger partial charge in [0.2, 0.25) is 0 Å². The van der Waals surface area contributed by atoms with Crippen molar-refractivity contribution in [1.29, 1.82) is 0 Å². The summed E-state index contributed by atoms with van der Waals surface area (Å²) >= 11 is 0. The highest BCUT2D eigenvalue weighted by Gasteiger charge is 2.28. The largest absolute Gasteiger partial charge is 0.423 e. The van der Waals surface area contributed by atoms with E-state index >= 15 is 0 Å². The Labute approximate surface area is 167 Å². The Morgan fingerprint density at radius 1 is 0.704 bits per heavy atom. The number of esters is 2. The van der Waals surface area contributed by atoms with Gasteiger partial charge in [-0.15, -0.1) is 0 Å². The Balaban J connectivity index is 3.52. The van der Waals surface area contributed by atoms with Gasteiger partial charge in [-0.1, -0.05) is 97.8 Å². The van der Waals surface area contributed by atoms with Crippen LogP contribution in [-0.4, -0.2) is 17.7 Å². The zero-order valence-electron chi connectivity index (χ0n) is 18.6. The molecule has 0 unspecified atom stereocenters. The molecule has 27 heavy (non-hydrogen) atoms. The number of hydrogen-bond donors (Lipinski definition) is 0. The Hall–Kier alpha value is -1.06. The van der Waals surface area contributed by atoms with Crippen LogP contribution in [0.4, 0.5) is 0 Å². The Bertz CT molecular complexity index is 388. The van der Waals surface area contributed by atoms with Crippen LogP contribution in [0.2, 0.25) is 0 Å². The number of unbranched alkanes of at least 4 members (excludes halogenated alkanes) is 12. The van der Waals surface area contributed by atoms with Gasteiger partial charge in [-0.25, -0.2) is 0 Å². The van der Waals surface area contributed by atoms with Gasteiger partial charge in [-0.2, -0.15) is 0 Å². The molecule has 0 N–H and O–H groups in total. The fourth-order valence-corrected chi connectivity index (χ4v) is 2.99. The second-order valence-electron chi connectivity index (χ2n) is 8.44. The van der Waals surface area contributed by atoms with Gasteiger partial charge < -0.3 is 9.47 Å². The number of ether oxygens (including phenoxy) is 2. The molecule has 4 heteroatoms. The lowest BCUT2D eigenvalue weighted by Gasteiger charge is -2.25. The summed E-state index contributed by atoms with van der Waals surface area (Å²) in [5.41, 5.74) is 0. The monoisotopic (exact) mass is 384 g/mol. The van der Waals surface area contributed by atoms with E-state index < -0.39 is 5.79 Å². The number of carbonyl (C=O) groups excluding carboxylic acids is 2. The third-order valence-corrected chi connectivity index (χ3v) is 4.66. The van der Waals surface area contributed by atoms with Crippen molar-refractivity contribution >= 4 is 11.9 Å². The summed E-state index contributed by atoms with van der Waals surface area (Å²) in [5, 5.41) is 0. The standard InChI is InChI=1S/C23H44O4/c1-6-7-8-9-10-11-12-13-14-15-16-17-18-19-21(24)26-23(4,5)27-22(25)20(2)3/h20H,6-19H2,1-5H3. The van der Waals surface area contributed by atoms with Crippen molar-refractivity contribution in [2.75, 3.05) is 0 Å². The van der Waals surface area contributed by atoms with E-state index in [4.69, 9.17) is 9.47 Å². The first kappa shape index (κ1) is 25.9. The molecule has 0 radical (unpaired) electrons. The summed E-state index contributed by atoms with van der Waals surface area (Å²) < 4.78 is 10.5. The summed E-state index contributed by atoms with van der Waals surface area (Å²) in [5.74, 6) is -2.06. The summed E-state index contributed by atoms with van der Waals surface area (Å²) in [7, 11) is 0. The summed E-state index contributed by atoms with van der Waals surface area (Å²) in [4.78, 5) is 23.5. The minimum Gasteiger partial charge on any atom is -0.423 e. The molecule has 0 heterocycles. The van der Waals surface area contributed by atoms with Gasteiger partial charge in [0.1, 0.15) is 0 Å². The molecule has 4 nitrogen and oxygen atoms in total.